The summed E-state index contributed by atoms with van der Waals surface area (Å²) in [4.78, 5) is 22.0. The van der Waals surface area contributed by atoms with Gasteiger partial charge in [-0.2, -0.15) is 0 Å². The highest BCUT2D eigenvalue weighted by Gasteiger charge is 2.20. The number of rotatable bonds is 8. The summed E-state index contributed by atoms with van der Waals surface area (Å²) in [5.41, 5.74) is 3.92. The Morgan fingerprint density at radius 2 is 1.00 bits per heavy atom. The van der Waals surface area contributed by atoms with Crippen LogP contribution in [0.1, 0.15) is 34.6 Å². The van der Waals surface area contributed by atoms with Gasteiger partial charge >= 0.3 is 6.03 Å². The van der Waals surface area contributed by atoms with E-state index in [4.69, 9.17) is 0 Å². The average Bonchev–Trinajstić information content (AvgIpc) is 2.86. The number of hydrogen-bond acceptors (Lipinski definition) is 3. The molecule has 2 unspecified atom stereocenters. The van der Waals surface area contributed by atoms with Crippen molar-refractivity contribution in [1.82, 2.24) is 20.6 Å². The summed E-state index contributed by atoms with van der Waals surface area (Å²) in [7, 11) is 0. The maximum atomic E-state index is 13.1. The molecule has 2 heterocycles. The van der Waals surface area contributed by atoms with Gasteiger partial charge < -0.3 is 10.6 Å². The molecular weight excluding hydrogens is 396 g/mol. The number of hydrogen-bond donors (Lipinski definition) is 2. The predicted octanol–water partition coefficient (Wildman–Crippen LogP) is 5.04. The first kappa shape index (κ1) is 21.2. The Kier molecular flexibility index (Phi) is 7.21. The summed E-state index contributed by atoms with van der Waals surface area (Å²) in [5, 5.41) is 6.31. The first-order chi connectivity index (χ1) is 15.8. The van der Waals surface area contributed by atoms with Crippen molar-refractivity contribution in [1.29, 1.82) is 0 Å². The number of aromatic nitrogens is 2. The topological polar surface area (TPSA) is 66.9 Å². The number of carbonyl (C=O) groups excluding carboxylic acids is 1. The zero-order chi connectivity index (χ0) is 22.0. The van der Waals surface area contributed by atoms with E-state index >= 15 is 0 Å². The van der Waals surface area contributed by atoms with Crippen molar-refractivity contribution in [2.45, 2.75) is 24.9 Å². The molecular formula is C27H26N4O. The van der Waals surface area contributed by atoms with Crippen molar-refractivity contribution in [3.05, 3.63) is 132 Å². The van der Waals surface area contributed by atoms with E-state index in [-0.39, 0.29) is 18.1 Å². The second-order valence-electron chi connectivity index (χ2n) is 7.59. The van der Waals surface area contributed by atoms with Crippen LogP contribution in [0.25, 0.3) is 0 Å². The van der Waals surface area contributed by atoms with Gasteiger partial charge in [-0.25, -0.2) is 4.79 Å². The minimum absolute atomic E-state index is 0.197. The third kappa shape index (κ3) is 6.01. The number of pyridine rings is 2. The Morgan fingerprint density at radius 1 is 0.594 bits per heavy atom. The SMILES string of the molecule is O=C(NC(Cc1ccccn1)c1ccccc1)NC(Cc1ccccn1)c1ccccc1. The minimum atomic E-state index is -0.223. The molecule has 0 saturated heterocycles. The van der Waals surface area contributed by atoms with Crippen LogP contribution in [0.2, 0.25) is 0 Å². The van der Waals surface area contributed by atoms with Gasteiger partial charge in [0.1, 0.15) is 0 Å². The van der Waals surface area contributed by atoms with Crippen molar-refractivity contribution < 1.29 is 4.79 Å². The van der Waals surface area contributed by atoms with Crippen molar-refractivity contribution in [3.63, 3.8) is 0 Å². The maximum Gasteiger partial charge on any atom is 0.315 e. The van der Waals surface area contributed by atoms with Gasteiger partial charge in [0.05, 0.1) is 12.1 Å². The lowest BCUT2D eigenvalue weighted by molar-refractivity contribution is 0.233. The van der Waals surface area contributed by atoms with Crippen LogP contribution >= 0.6 is 0 Å². The van der Waals surface area contributed by atoms with Crippen molar-refractivity contribution in [2.75, 3.05) is 0 Å². The van der Waals surface area contributed by atoms with Crippen molar-refractivity contribution in [3.8, 4) is 0 Å². The van der Waals surface area contributed by atoms with E-state index in [1.54, 1.807) is 12.4 Å². The van der Waals surface area contributed by atoms with Gasteiger partial charge in [0.2, 0.25) is 0 Å². The molecule has 0 aliphatic heterocycles. The smallest absolute Gasteiger partial charge is 0.315 e. The summed E-state index contributed by atoms with van der Waals surface area (Å²) >= 11 is 0. The summed E-state index contributed by atoms with van der Waals surface area (Å²) in [6.07, 6.45) is 4.76. The van der Waals surface area contributed by atoms with Crippen LogP contribution in [0.4, 0.5) is 4.79 Å². The van der Waals surface area contributed by atoms with Gasteiger partial charge in [-0.05, 0) is 35.4 Å². The van der Waals surface area contributed by atoms with Crippen LogP contribution in [-0.4, -0.2) is 16.0 Å². The molecule has 0 saturated carbocycles. The third-order valence-electron chi connectivity index (χ3n) is 5.29. The van der Waals surface area contributed by atoms with Gasteiger partial charge in [-0.1, -0.05) is 72.8 Å². The quantitative estimate of drug-likeness (QED) is 0.418. The first-order valence-electron chi connectivity index (χ1n) is 10.7. The summed E-state index contributed by atoms with van der Waals surface area (Å²) < 4.78 is 0. The first-order valence-corrected chi connectivity index (χ1v) is 10.7. The Balaban J connectivity index is 1.51. The van der Waals surface area contributed by atoms with Gasteiger partial charge in [-0.15, -0.1) is 0 Å². The predicted molar refractivity (Wildman–Crippen MR) is 126 cm³/mol. The molecule has 0 aliphatic rings. The zero-order valence-electron chi connectivity index (χ0n) is 17.8. The second kappa shape index (κ2) is 10.9. The van der Waals surface area contributed by atoms with E-state index in [0.29, 0.717) is 12.8 Å². The molecule has 0 aliphatic carbocycles. The summed E-state index contributed by atoms with van der Waals surface area (Å²) in [6, 6.07) is 31.0. The molecule has 0 bridgehead atoms. The molecule has 0 radical (unpaired) electrons. The molecule has 0 fully saturated rings. The van der Waals surface area contributed by atoms with E-state index in [1.165, 1.54) is 0 Å². The number of nitrogens with zero attached hydrogens (tertiary/aromatic N) is 2. The maximum absolute atomic E-state index is 13.1. The highest BCUT2D eigenvalue weighted by molar-refractivity contribution is 5.75. The van der Waals surface area contributed by atoms with Gasteiger partial charge in [0.15, 0.2) is 0 Å². The van der Waals surface area contributed by atoms with E-state index in [1.807, 2.05) is 97.1 Å². The normalized spacial score (nSPS) is 12.5. The van der Waals surface area contributed by atoms with Crippen LogP contribution in [0.15, 0.2) is 109 Å². The average molecular weight is 423 g/mol. The van der Waals surface area contributed by atoms with Gasteiger partial charge in [0, 0.05) is 36.6 Å². The molecule has 5 heteroatoms. The third-order valence-corrected chi connectivity index (χ3v) is 5.29. The van der Waals surface area contributed by atoms with E-state index < -0.39 is 0 Å². The lowest BCUT2D eigenvalue weighted by atomic mass is 10.0. The van der Waals surface area contributed by atoms with E-state index in [0.717, 1.165) is 22.5 Å². The standard InChI is InChI=1S/C27H26N4O/c32-27(30-25(21-11-3-1-4-12-21)19-23-15-7-9-17-28-23)31-26(22-13-5-2-6-14-22)20-24-16-8-10-18-29-24/h1-18,25-26H,19-20H2,(H2,30,31,32). The number of amides is 2. The molecule has 32 heavy (non-hydrogen) atoms. The molecule has 4 rings (SSSR count). The molecule has 2 atom stereocenters. The van der Waals surface area contributed by atoms with Crippen LogP contribution in [0.5, 0.6) is 0 Å². The van der Waals surface area contributed by atoms with Crippen molar-refractivity contribution >= 4 is 6.03 Å². The number of nitrogens with one attached hydrogen (secondary N) is 2. The van der Waals surface area contributed by atoms with Gasteiger partial charge in [0.25, 0.3) is 0 Å². The molecule has 2 aromatic carbocycles. The van der Waals surface area contributed by atoms with Gasteiger partial charge in [-0.3, -0.25) is 9.97 Å². The molecule has 4 aromatic rings. The molecule has 2 amide bonds. The summed E-state index contributed by atoms with van der Waals surface area (Å²) in [5.74, 6) is 0. The molecule has 0 spiro atoms. The number of urea groups is 1. The molecule has 160 valence electrons. The summed E-state index contributed by atoms with van der Waals surface area (Å²) in [6.45, 7) is 0. The number of benzene rings is 2. The molecule has 2 aromatic heterocycles. The number of carbonyl (C=O) groups is 1. The fraction of sp³-hybridized carbons (Fsp3) is 0.148. The van der Waals surface area contributed by atoms with Crippen molar-refractivity contribution in [2.24, 2.45) is 0 Å². The van der Waals surface area contributed by atoms with Crippen LogP contribution in [0.3, 0.4) is 0 Å². The monoisotopic (exact) mass is 422 g/mol. The Labute approximate surface area is 188 Å². The fourth-order valence-electron chi connectivity index (χ4n) is 3.69. The lowest BCUT2D eigenvalue weighted by Crippen LogP contribution is -2.41. The highest BCUT2D eigenvalue weighted by atomic mass is 16.2. The van der Waals surface area contributed by atoms with E-state index in [2.05, 4.69) is 20.6 Å². The van der Waals surface area contributed by atoms with Crippen LogP contribution < -0.4 is 10.6 Å². The molecule has 2 N–H and O–H groups in total. The van der Waals surface area contributed by atoms with E-state index in [9.17, 15) is 4.79 Å². The molecule has 5 nitrogen and oxygen atoms in total. The lowest BCUT2D eigenvalue weighted by Gasteiger charge is -2.23. The van der Waals surface area contributed by atoms with Crippen LogP contribution in [-0.2, 0) is 12.8 Å². The van der Waals surface area contributed by atoms with Crippen LogP contribution in [0, 0.1) is 0 Å². The zero-order valence-corrected chi connectivity index (χ0v) is 17.8. The second-order valence-corrected chi connectivity index (χ2v) is 7.59. The Bertz CT molecular complexity index is 1000. The Hall–Kier alpha value is -3.99. The minimum Gasteiger partial charge on any atom is -0.331 e. The highest BCUT2D eigenvalue weighted by Crippen LogP contribution is 2.20. The fourth-order valence-corrected chi connectivity index (χ4v) is 3.69. The Morgan fingerprint density at radius 3 is 1.38 bits per heavy atom. The largest absolute Gasteiger partial charge is 0.331 e.